The molecular formula is C25H21Cl2N3O3. The second-order valence-electron chi connectivity index (χ2n) is 7.83. The largest absolute Gasteiger partial charge is 0.411 e. The fourth-order valence-corrected chi connectivity index (χ4v) is 4.21. The summed E-state index contributed by atoms with van der Waals surface area (Å²) in [7, 11) is 0. The van der Waals surface area contributed by atoms with Crippen molar-refractivity contribution in [1.82, 2.24) is 4.90 Å². The van der Waals surface area contributed by atoms with Crippen molar-refractivity contribution < 1.29 is 14.8 Å². The fourth-order valence-electron chi connectivity index (χ4n) is 3.96. The number of hydrogen-bond donors (Lipinski definition) is 2. The van der Waals surface area contributed by atoms with Crippen LogP contribution in [-0.2, 0) is 4.79 Å². The van der Waals surface area contributed by atoms with Gasteiger partial charge in [-0.1, -0.05) is 58.7 Å². The third-order valence-electron chi connectivity index (χ3n) is 5.79. The van der Waals surface area contributed by atoms with Crippen LogP contribution in [0.2, 0.25) is 10.0 Å². The maximum absolute atomic E-state index is 14.0. The zero-order valence-electron chi connectivity index (χ0n) is 17.9. The Bertz CT molecular complexity index is 1240. The predicted octanol–water partition coefficient (Wildman–Crippen LogP) is 6.09. The monoisotopic (exact) mass is 481 g/mol. The summed E-state index contributed by atoms with van der Waals surface area (Å²) < 4.78 is 0. The summed E-state index contributed by atoms with van der Waals surface area (Å²) in [6.45, 7) is 3.50. The molecule has 3 aromatic carbocycles. The van der Waals surface area contributed by atoms with Crippen molar-refractivity contribution >= 4 is 46.4 Å². The summed E-state index contributed by atoms with van der Waals surface area (Å²) in [5, 5.41) is 16.4. The van der Waals surface area contributed by atoms with Crippen LogP contribution in [0.15, 0.2) is 71.9 Å². The Labute approximate surface area is 201 Å². The van der Waals surface area contributed by atoms with Gasteiger partial charge < -0.3 is 15.4 Å². The van der Waals surface area contributed by atoms with Gasteiger partial charge in [-0.3, -0.25) is 9.59 Å². The first kappa shape index (κ1) is 22.8. The van der Waals surface area contributed by atoms with E-state index in [-0.39, 0.29) is 11.8 Å². The molecule has 0 radical (unpaired) electrons. The summed E-state index contributed by atoms with van der Waals surface area (Å²) in [4.78, 5) is 29.0. The standard InChI is InChI=1S/C25H21Cl2N3O3/c1-14(29-33)18-7-12-22-21(13-18)25(32)30(15(2)16-3-8-19(26)9-4-16)23(24(31)28-22)17-5-10-20(27)11-6-17/h3-13,15,23,33H,1-2H3,(H,28,31)/b29-14-/t15-,23+/m1/s1. The van der Waals surface area contributed by atoms with E-state index in [0.29, 0.717) is 38.1 Å². The molecule has 0 bridgehead atoms. The van der Waals surface area contributed by atoms with Gasteiger partial charge in [-0.25, -0.2) is 0 Å². The maximum atomic E-state index is 14.0. The number of fused-ring (bicyclic) bond motifs is 1. The Morgan fingerprint density at radius 2 is 1.61 bits per heavy atom. The van der Waals surface area contributed by atoms with E-state index in [1.807, 2.05) is 19.1 Å². The molecule has 2 amide bonds. The summed E-state index contributed by atoms with van der Waals surface area (Å²) in [6.07, 6.45) is 0. The van der Waals surface area contributed by atoms with Crippen LogP contribution in [0.3, 0.4) is 0 Å². The number of carbonyl (C=O) groups excluding carboxylic acids is 2. The highest BCUT2D eigenvalue weighted by Gasteiger charge is 2.39. The molecule has 2 atom stereocenters. The van der Waals surface area contributed by atoms with Gasteiger partial charge in [-0.05, 0) is 66.9 Å². The quantitative estimate of drug-likeness (QED) is 0.268. The van der Waals surface area contributed by atoms with Crippen LogP contribution in [-0.4, -0.2) is 27.6 Å². The Morgan fingerprint density at radius 3 is 2.21 bits per heavy atom. The molecule has 3 aromatic rings. The number of carbonyl (C=O) groups is 2. The second kappa shape index (κ2) is 9.25. The van der Waals surface area contributed by atoms with Gasteiger partial charge in [0, 0.05) is 10.0 Å². The zero-order valence-corrected chi connectivity index (χ0v) is 19.4. The van der Waals surface area contributed by atoms with Crippen molar-refractivity contribution in [3.05, 3.63) is 99.0 Å². The molecule has 33 heavy (non-hydrogen) atoms. The summed E-state index contributed by atoms with van der Waals surface area (Å²) in [6, 6.07) is 17.6. The van der Waals surface area contributed by atoms with E-state index in [1.54, 1.807) is 66.4 Å². The summed E-state index contributed by atoms with van der Waals surface area (Å²) in [5.41, 5.74) is 3.08. The van der Waals surface area contributed by atoms with E-state index < -0.39 is 12.1 Å². The smallest absolute Gasteiger partial charge is 0.257 e. The lowest BCUT2D eigenvalue weighted by Gasteiger charge is -2.34. The van der Waals surface area contributed by atoms with Gasteiger partial charge in [-0.2, -0.15) is 0 Å². The van der Waals surface area contributed by atoms with Gasteiger partial charge in [0.2, 0.25) is 0 Å². The van der Waals surface area contributed by atoms with E-state index in [0.717, 1.165) is 5.56 Å². The van der Waals surface area contributed by atoms with E-state index in [2.05, 4.69) is 10.5 Å². The average Bonchev–Trinajstić information content (AvgIpc) is 2.92. The average molecular weight is 482 g/mol. The predicted molar refractivity (Wildman–Crippen MR) is 129 cm³/mol. The number of amides is 2. The highest BCUT2D eigenvalue weighted by atomic mass is 35.5. The van der Waals surface area contributed by atoms with Gasteiger partial charge in [-0.15, -0.1) is 0 Å². The molecule has 0 saturated carbocycles. The lowest BCUT2D eigenvalue weighted by atomic mass is 9.98. The normalized spacial score (nSPS) is 17.3. The molecule has 1 aliphatic heterocycles. The van der Waals surface area contributed by atoms with Gasteiger partial charge in [0.05, 0.1) is 23.0 Å². The van der Waals surface area contributed by atoms with Crippen LogP contribution in [0.4, 0.5) is 5.69 Å². The molecule has 0 aromatic heterocycles. The molecule has 0 unspecified atom stereocenters. The molecular weight excluding hydrogens is 461 g/mol. The molecule has 0 aliphatic carbocycles. The van der Waals surface area contributed by atoms with E-state index in [1.165, 1.54) is 0 Å². The number of oxime groups is 1. The minimum absolute atomic E-state index is 0.307. The summed E-state index contributed by atoms with van der Waals surface area (Å²) >= 11 is 12.1. The fraction of sp³-hybridized carbons (Fsp3) is 0.160. The van der Waals surface area contributed by atoms with Gasteiger partial charge in [0.15, 0.2) is 0 Å². The number of hydrogen-bond acceptors (Lipinski definition) is 4. The first-order valence-corrected chi connectivity index (χ1v) is 11.0. The van der Waals surface area contributed by atoms with Crippen LogP contribution in [0.5, 0.6) is 0 Å². The first-order chi connectivity index (χ1) is 15.8. The Hall–Kier alpha value is -3.35. The Balaban J connectivity index is 1.89. The van der Waals surface area contributed by atoms with Crippen molar-refractivity contribution in [3.8, 4) is 0 Å². The number of anilines is 1. The number of benzene rings is 3. The summed E-state index contributed by atoms with van der Waals surface area (Å²) in [5.74, 6) is -0.677. The van der Waals surface area contributed by atoms with Crippen molar-refractivity contribution in [3.63, 3.8) is 0 Å². The Kier molecular flexibility index (Phi) is 6.40. The van der Waals surface area contributed by atoms with Crippen LogP contribution in [0.1, 0.15) is 53.0 Å². The van der Waals surface area contributed by atoms with E-state index in [9.17, 15) is 14.8 Å². The molecule has 8 heteroatoms. The molecule has 1 heterocycles. The third-order valence-corrected chi connectivity index (χ3v) is 6.30. The molecule has 1 aliphatic rings. The molecule has 168 valence electrons. The number of nitrogens with one attached hydrogen (secondary N) is 1. The third kappa shape index (κ3) is 4.45. The number of nitrogens with zero attached hydrogens (tertiary/aromatic N) is 2. The van der Waals surface area contributed by atoms with Crippen LogP contribution in [0, 0.1) is 0 Å². The lowest BCUT2D eigenvalue weighted by molar-refractivity contribution is -0.121. The highest BCUT2D eigenvalue weighted by Crippen LogP contribution is 2.38. The molecule has 0 saturated heterocycles. The van der Waals surface area contributed by atoms with Crippen LogP contribution in [0.25, 0.3) is 0 Å². The van der Waals surface area contributed by atoms with E-state index >= 15 is 0 Å². The molecule has 2 N–H and O–H groups in total. The first-order valence-electron chi connectivity index (χ1n) is 10.3. The van der Waals surface area contributed by atoms with Crippen LogP contribution >= 0.6 is 23.2 Å². The number of rotatable bonds is 4. The van der Waals surface area contributed by atoms with Gasteiger partial charge >= 0.3 is 0 Å². The maximum Gasteiger partial charge on any atom is 0.257 e. The number of halogens is 2. The second-order valence-corrected chi connectivity index (χ2v) is 8.70. The molecule has 0 spiro atoms. The topological polar surface area (TPSA) is 82.0 Å². The van der Waals surface area contributed by atoms with Crippen molar-refractivity contribution in [2.24, 2.45) is 5.16 Å². The van der Waals surface area contributed by atoms with Crippen LogP contribution < -0.4 is 5.32 Å². The van der Waals surface area contributed by atoms with Crippen molar-refractivity contribution in [1.29, 1.82) is 0 Å². The molecule has 4 rings (SSSR count). The highest BCUT2D eigenvalue weighted by molar-refractivity contribution is 6.30. The SMILES string of the molecule is C/C(=N/O)c1ccc2c(c1)C(=O)N([C@H](C)c1ccc(Cl)cc1)[C@@H](c1ccc(Cl)cc1)C(=O)N2. The Morgan fingerprint density at radius 1 is 1.00 bits per heavy atom. The lowest BCUT2D eigenvalue weighted by Crippen LogP contribution is -2.40. The minimum Gasteiger partial charge on any atom is -0.411 e. The van der Waals surface area contributed by atoms with Gasteiger partial charge in [0.1, 0.15) is 6.04 Å². The van der Waals surface area contributed by atoms with E-state index in [4.69, 9.17) is 23.2 Å². The van der Waals surface area contributed by atoms with Crippen molar-refractivity contribution in [2.45, 2.75) is 25.9 Å². The minimum atomic E-state index is -0.899. The molecule has 0 fully saturated rings. The van der Waals surface area contributed by atoms with Gasteiger partial charge in [0.25, 0.3) is 11.8 Å². The molecule has 6 nitrogen and oxygen atoms in total. The van der Waals surface area contributed by atoms with Crippen molar-refractivity contribution in [2.75, 3.05) is 5.32 Å². The zero-order chi connectivity index (χ0) is 23.7.